The van der Waals surface area contributed by atoms with Gasteiger partial charge in [0.25, 0.3) is 17.4 Å². The highest BCUT2D eigenvalue weighted by Crippen LogP contribution is 2.32. The zero-order valence-electron chi connectivity index (χ0n) is 16.8. The summed E-state index contributed by atoms with van der Waals surface area (Å²) in [6.45, 7) is 2.20. The molecule has 0 saturated carbocycles. The van der Waals surface area contributed by atoms with E-state index in [4.69, 9.17) is 0 Å². The van der Waals surface area contributed by atoms with Crippen molar-refractivity contribution >= 4 is 34.2 Å². The predicted octanol–water partition coefficient (Wildman–Crippen LogP) is 0.893. The van der Waals surface area contributed by atoms with Crippen LogP contribution >= 0.6 is 11.3 Å². The first-order valence-electron chi connectivity index (χ1n) is 9.54. The van der Waals surface area contributed by atoms with Crippen LogP contribution in [-0.2, 0) is 26.9 Å². The van der Waals surface area contributed by atoms with Crippen molar-refractivity contribution in [2.24, 2.45) is 20.0 Å². The molecule has 3 heterocycles. The number of nitrogens with one attached hydrogen (secondary N) is 2. The molecule has 30 heavy (non-hydrogen) atoms. The molecule has 1 unspecified atom stereocenters. The summed E-state index contributed by atoms with van der Waals surface area (Å²) in [5.41, 5.74) is 5.22. The van der Waals surface area contributed by atoms with Crippen LogP contribution in [0.1, 0.15) is 43.8 Å². The standard InChI is InChI=1S/C20H21N5O4S/c1-10-4-5-14-11(6-10)8-15(30-14)18(27)23-22-17(26)12-7-13-16(21-9-12)24(2)20(29)25(3)19(13)28/h7-10H,4-6H2,1-3H3,(H,22,26)(H,23,27). The van der Waals surface area contributed by atoms with Gasteiger partial charge in [0, 0.05) is 25.2 Å². The van der Waals surface area contributed by atoms with Crippen molar-refractivity contribution in [3.63, 3.8) is 0 Å². The fourth-order valence-corrected chi connectivity index (χ4v) is 4.76. The smallest absolute Gasteiger partial charge is 0.280 e. The molecule has 4 rings (SSSR count). The van der Waals surface area contributed by atoms with Crippen molar-refractivity contribution < 1.29 is 9.59 Å². The molecular formula is C20H21N5O4S. The molecule has 3 aromatic heterocycles. The molecule has 9 nitrogen and oxygen atoms in total. The van der Waals surface area contributed by atoms with Gasteiger partial charge in [-0.05, 0) is 42.9 Å². The molecule has 1 atom stereocenters. The highest BCUT2D eigenvalue weighted by atomic mass is 32.1. The van der Waals surface area contributed by atoms with Crippen LogP contribution in [0.25, 0.3) is 11.0 Å². The lowest BCUT2D eigenvalue weighted by molar-refractivity contribution is 0.0848. The van der Waals surface area contributed by atoms with E-state index in [1.54, 1.807) is 0 Å². The van der Waals surface area contributed by atoms with Gasteiger partial charge in [0.15, 0.2) is 0 Å². The van der Waals surface area contributed by atoms with Crippen LogP contribution in [0.3, 0.4) is 0 Å². The quantitative estimate of drug-likeness (QED) is 0.590. The Kier molecular flexibility index (Phi) is 5.02. The van der Waals surface area contributed by atoms with Gasteiger partial charge in [-0.2, -0.15) is 0 Å². The fraction of sp³-hybridized carbons (Fsp3) is 0.350. The maximum absolute atomic E-state index is 12.5. The second-order valence-electron chi connectivity index (χ2n) is 7.62. The Hall–Kier alpha value is -3.27. The maximum Gasteiger partial charge on any atom is 0.332 e. The summed E-state index contributed by atoms with van der Waals surface area (Å²) in [6.07, 6.45) is 4.31. The van der Waals surface area contributed by atoms with Crippen LogP contribution in [0, 0.1) is 5.92 Å². The van der Waals surface area contributed by atoms with Gasteiger partial charge in [-0.3, -0.25) is 34.4 Å². The number of carbonyl (C=O) groups is 2. The Morgan fingerprint density at radius 1 is 1.13 bits per heavy atom. The van der Waals surface area contributed by atoms with Gasteiger partial charge in [0.1, 0.15) is 5.65 Å². The first kappa shape index (κ1) is 20.0. The summed E-state index contributed by atoms with van der Waals surface area (Å²) >= 11 is 1.45. The molecule has 2 N–H and O–H groups in total. The number of nitrogens with zero attached hydrogens (tertiary/aromatic N) is 3. The Balaban J connectivity index is 1.52. The molecule has 156 valence electrons. The van der Waals surface area contributed by atoms with Crippen LogP contribution in [0.5, 0.6) is 0 Å². The molecule has 10 heteroatoms. The SMILES string of the molecule is CC1CCc2sc(C(=O)NNC(=O)c3cnc4c(c3)c(=O)n(C)c(=O)n4C)cc2C1. The summed E-state index contributed by atoms with van der Waals surface area (Å²) in [5, 5.41) is 0.138. The molecule has 0 aliphatic heterocycles. The molecule has 0 fully saturated rings. The number of hydrazine groups is 1. The molecule has 0 aromatic carbocycles. The van der Waals surface area contributed by atoms with Crippen LogP contribution < -0.4 is 22.1 Å². The second kappa shape index (κ2) is 7.52. The van der Waals surface area contributed by atoms with Crippen molar-refractivity contribution in [2.45, 2.75) is 26.2 Å². The van der Waals surface area contributed by atoms with Gasteiger partial charge in [-0.25, -0.2) is 9.78 Å². The summed E-state index contributed by atoms with van der Waals surface area (Å²) in [6, 6.07) is 3.25. The van der Waals surface area contributed by atoms with E-state index in [-0.39, 0.29) is 22.5 Å². The van der Waals surface area contributed by atoms with Crippen LogP contribution in [0.15, 0.2) is 27.9 Å². The first-order chi connectivity index (χ1) is 14.3. The van der Waals surface area contributed by atoms with E-state index in [2.05, 4.69) is 22.8 Å². The number of rotatable bonds is 2. The lowest BCUT2D eigenvalue weighted by Crippen LogP contribution is -2.41. The molecule has 0 saturated heterocycles. The number of pyridine rings is 1. The normalized spacial score (nSPS) is 15.6. The first-order valence-corrected chi connectivity index (χ1v) is 10.4. The largest absolute Gasteiger partial charge is 0.332 e. The number of amides is 2. The molecule has 1 aliphatic carbocycles. The number of hydrogen-bond acceptors (Lipinski definition) is 6. The van der Waals surface area contributed by atoms with E-state index >= 15 is 0 Å². The highest BCUT2D eigenvalue weighted by Gasteiger charge is 2.21. The van der Waals surface area contributed by atoms with Crippen LogP contribution in [0.4, 0.5) is 0 Å². The second-order valence-corrected chi connectivity index (χ2v) is 8.75. The Labute approximate surface area is 175 Å². The molecule has 1 aliphatic rings. The van der Waals surface area contributed by atoms with Crippen molar-refractivity contribution in [3.8, 4) is 0 Å². The molecule has 0 radical (unpaired) electrons. The number of fused-ring (bicyclic) bond motifs is 2. The number of aryl methyl sites for hydroxylation is 2. The van der Waals surface area contributed by atoms with Gasteiger partial charge in [-0.1, -0.05) is 6.92 Å². The van der Waals surface area contributed by atoms with E-state index < -0.39 is 17.2 Å². The zero-order chi connectivity index (χ0) is 21.6. The van der Waals surface area contributed by atoms with E-state index in [0.29, 0.717) is 10.8 Å². The Bertz CT molecular complexity index is 1300. The molecule has 2 amide bonds. The van der Waals surface area contributed by atoms with E-state index in [9.17, 15) is 19.2 Å². The van der Waals surface area contributed by atoms with Gasteiger partial charge in [-0.15, -0.1) is 11.3 Å². The van der Waals surface area contributed by atoms with Crippen molar-refractivity contribution in [2.75, 3.05) is 0 Å². The number of carbonyl (C=O) groups excluding carboxylic acids is 2. The summed E-state index contributed by atoms with van der Waals surface area (Å²) in [7, 11) is 2.86. The molecular weight excluding hydrogens is 406 g/mol. The predicted molar refractivity (Wildman–Crippen MR) is 113 cm³/mol. The third-order valence-electron chi connectivity index (χ3n) is 5.40. The fourth-order valence-electron chi connectivity index (χ4n) is 3.65. The lowest BCUT2D eigenvalue weighted by Gasteiger charge is -2.16. The average Bonchev–Trinajstić information content (AvgIpc) is 3.17. The summed E-state index contributed by atoms with van der Waals surface area (Å²) in [5.74, 6) is -0.388. The van der Waals surface area contributed by atoms with Gasteiger partial charge < -0.3 is 0 Å². The lowest BCUT2D eigenvalue weighted by atomic mass is 9.90. The van der Waals surface area contributed by atoms with Gasteiger partial charge in [0.05, 0.1) is 15.8 Å². The minimum absolute atomic E-state index is 0.0952. The minimum Gasteiger partial charge on any atom is -0.280 e. The van der Waals surface area contributed by atoms with Crippen molar-refractivity contribution in [3.05, 3.63) is 60.0 Å². The summed E-state index contributed by atoms with van der Waals surface area (Å²) in [4.78, 5) is 55.1. The van der Waals surface area contributed by atoms with Crippen molar-refractivity contribution in [1.29, 1.82) is 0 Å². The third-order valence-corrected chi connectivity index (χ3v) is 6.63. The molecule has 3 aromatic rings. The van der Waals surface area contributed by atoms with Gasteiger partial charge in [0.2, 0.25) is 0 Å². The Morgan fingerprint density at radius 2 is 1.87 bits per heavy atom. The van der Waals surface area contributed by atoms with E-state index in [0.717, 1.165) is 23.8 Å². The number of thiophene rings is 1. The summed E-state index contributed by atoms with van der Waals surface area (Å²) < 4.78 is 2.19. The minimum atomic E-state index is -0.608. The monoisotopic (exact) mass is 427 g/mol. The molecule has 0 spiro atoms. The van der Waals surface area contributed by atoms with Gasteiger partial charge >= 0.3 is 5.69 Å². The zero-order valence-corrected chi connectivity index (χ0v) is 17.6. The molecule has 0 bridgehead atoms. The highest BCUT2D eigenvalue weighted by molar-refractivity contribution is 7.14. The van der Waals surface area contributed by atoms with Crippen molar-refractivity contribution in [1.82, 2.24) is 25.0 Å². The average molecular weight is 427 g/mol. The topological polar surface area (TPSA) is 115 Å². The van der Waals surface area contributed by atoms with E-state index in [1.807, 2.05) is 6.07 Å². The number of aromatic nitrogens is 3. The number of hydrogen-bond donors (Lipinski definition) is 2. The van der Waals surface area contributed by atoms with Crippen LogP contribution in [0.2, 0.25) is 0 Å². The third kappa shape index (κ3) is 3.43. The maximum atomic E-state index is 12.5. The van der Waals surface area contributed by atoms with E-state index in [1.165, 1.54) is 52.7 Å². The van der Waals surface area contributed by atoms with Crippen LogP contribution in [-0.4, -0.2) is 25.9 Å². The Morgan fingerprint density at radius 3 is 2.63 bits per heavy atom.